The van der Waals surface area contributed by atoms with Crippen molar-refractivity contribution in [1.82, 2.24) is 5.32 Å². The second-order valence-corrected chi connectivity index (χ2v) is 10.3. The van der Waals surface area contributed by atoms with Crippen LogP contribution in [0, 0.1) is 0 Å². The van der Waals surface area contributed by atoms with Crippen molar-refractivity contribution in [3.05, 3.63) is 59.1 Å². The Labute approximate surface area is 132 Å². The molecule has 2 rings (SSSR count). The molecule has 0 spiro atoms. The van der Waals surface area contributed by atoms with Crippen LogP contribution in [0.5, 0.6) is 0 Å². The normalized spacial score (nSPS) is 11.2. The Hall–Kier alpha value is -1.58. The molecular formula is C17H20ClNOSi. The molecule has 0 unspecified atom stereocenters. The average molecular weight is 318 g/mol. The molecule has 21 heavy (non-hydrogen) atoms. The number of halogens is 1. The minimum Gasteiger partial charge on any atom is -0.352 e. The maximum absolute atomic E-state index is 12.4. The van der Waals surface area contributed by atoms with Crippen LogP contribution in [0.15, 0.2) is 48.5 Å². The number of rotatable bonds is 4. The molecule has 0 saturated carbocycles. The van der Waals surface area contributed by atoms with Crippen LogP contribution in [0.25, 0.3) is 0 Å². The largest absolute Gasteiger partial charge is 0.352 e. The van der Waals surface area contributed by atoms with Gasteiger partial charge in [-0.15, -0.1) is 0 Å². The van der Waals surface area contributed by atoms with Gasteiger partial charge in [-0.3, -0.25) is 4.79 Å². The molecule has 0 saturated heterocycles. The number of benzene rings is 2. The van der Waals surface area contributed by atoms with Gasteiger partial charge < -0.3 is 5.32 Å². The topological polar surface area (TPSA) is 29.1 Å². The standard InChI is InChI=1S/C17H20ClNOSi/c1-4-19-17(20)16-14(18)11-8-12-15(16)21(2,3)13-9-6-5-7-10-13/h5-12H,4H2,1-3H3,(H,19,20). The molecule has 0 radical (unpaired) electrons. The minimum absolute atomic E-state index is 0.0883. The van der Waals surface area contributed by atoms with Gasteiger partial charge in [-0.2, -0.15) is 0 Å². The van der Waals surface area contributed by atoms with E-state index in [1.54, 1.807) is 6.07 Å². The zero-order chi connectivity index (χ0) is 15.5. The Balaban J connectivity index is 2.58. The molecule has 0 aliphatic rings. The second-order valence-electron chi connectivity index (χ2n) is 5.51. The van der Waals surface area contributed by atoms with Crippen molar-refractivity contribution in [1.29, 1.82) is 0 Å². The summed E-state index contributed by atoms with van der Waals surface area (Å²) in [6.07, 6.45) is 0. The van der Waals surface area contributed by atoms with E-state index in [1.165, 1.54) is 5.19 Å². The molecular weight excluding hydrogens is 298 g/mol. The van der Waals surface area contributed by atoms with Gasteiger partial charge in [0.1, 0.15) is 8.07 Å². The minimum atomic E-state index is -1.97. The quantitative estimate of drug-likeness (QED) is 0.863. The summed E-state index contributed by atoms with van der Waals surface area (Å²) in [4.78, 5) is 12.4. The number of nitrogens with one attached hydrogen (secondary N) is 1. The van der Waals surface area contributed by atoms with Gasteiger partial charge in [0.25, 0.3) is 5.91 Å². The highest BCUT2D eigenvalue weighted by Crippen LogP contribution is 2.17. The van der Waals surface area contributed by atoms with Crippen molar-refractivity contribution in [3.63, 3.8) is 0 Å². The maximum Gasteiger partial charge on any atom is 0.252 e. The van der Waals surface area contributed by atoms with E-state index < -0.39 is 8.07 Å². The molecule has 0 aliphatic heterocycles. The first kappa shape index (κ1) is 15.8. The molecule has 1 amide bonds. The van der Waals surface area contributed by atoms with Gasteiger partial charge in [-0.25, -0.2) is 0 Å². The van der Waals surface area contributed by atoms with Crippen molar-refractivity contribution in [2.45, 2.75) is 20.0 Å². The van der Waals surface area contributed by atoms with E-state index in [1.807, 2.05) is 37.3 Å². The lowest BCUT2D eigenvalue weighted by atomic mass is 10.2. The number of hydrogen-bond acceptors (Lipinski definition) is 1. The first-order valence-corrected chi connectivity index (χ1v) is 10.5. The van der Waals surface area contributed by atoms with Crippen molar-refractivity contribution in [2.24, 2.45) is 0 Å². The lowest BCUT2D eigenvalue weighted by Gasteiger charge is -2.26. The summed E-state index contributed by atoms with van der Waals surface area (Å²) < 4.78 is 0. The van der Waals surface area contributed by atoms with Crippen LogP contribution < -0.4 is 15.7 Å². The smallest absolute Gasteiger partial charge is 0.252 e. The van der Waals surface area contributed by atoms with Gasteiger partial charge in [-0.05, 0) is 18.2 Å². The fraction of sp³-hybridized carbons (Fsp3) is 0.235. The van der Waals surface area contributed by atoms with E-state index in [0.29, 0.717) is 17.1 Å². The van der Waals surface area contributed by atoms with Gasteiger partial charge in [-0.1, -0.05) is 72.3 Å². The fourth-order valence-corrected chi connectivity index (χ4v) is 5.60. The second kappa shape index (κ2) is 6.46. The zero-order valence-electron chi connectivity index (χ0n) is 12.6. The first-order valence-electron chi connectivity index (χ1n) is 7.11. The SMILES string of the molecule is CCNC(=O)c1c(Cl)cccc1[Si](C)(C)c1ccccc1. The molecule has 1 N–H and O–H groups in total. The monoisotopic (exact) mass is 317 g/mol. The van der Waals surface area contributed by atoms with Gasteiger partial charge in [0, 0.05) is 6.54 Å². The van der Waals surface area contributed by atoms with Gasteiger partial charge in [0.2, 0.25) is 0 Å². The Kier molecular flexibility index (Phi) is 4.86. The molecule has 110 valence electrons. The van der Waals surface area contributed by atoms with Crippen LogP contribution in [-0.2, 0) is 0 Å². The number of amides is 1. The predicted octanol–water partition coefficient (Wildman–Crippen LogP) is 2.91. The van der Waals surface area contributed by atoms with E-state index in [4.69, 9.17) is 11.6 Å². The highest BCUT2D eigenvalue weighted by Gasteiger charge is 2.31. The van der Waals surface area contributed by atoms with Crippen molar-refractivity contribution in [3.8, 4) is 0 Å². The molecule has 0 aromatic heterocycles. The molecule has 0 atom stereocenters. The third-order valence-electron chi connectivity index (χ3n) is 3.75. The highest BCUT2D eigenvalue weighted by molar-refractivity contribution is 7.01. The third kappa shape index (κ3) is 3.19. The molecule has 2 aromatic rings. The Morgan fingerprint density at radius 3 is 2.38 bits per heavy atom. The highest BCUT2D eigenvalue weighted by atomic mass is 35.5. The number of hydrogen-bond donors (Lipinski definition) is 1. The molecule has 0 bridgehead atoms. The summed E-state index contributed by atoms with van der Waals surface area (Å²) in [5, 5.41) is 5.75. The van der Waals surface area contributed by atoms with Gasteiger partial charge in [0.15, 0.2) is 0 Å². The summed E-state index contributed by atoms with van der Waals surface area (Å²) in [5.74, 6) is -0.0883. The summed E-state index contributed by atoms with van der Waals surface area (Å²) in [6, 6.07) is 16.1. The number of carbonyl (C=O) groups excluding carboxylic acids is 1. The number of carbonyl (C=O) groups is 1. The first-order chi connectivity index (χ1) is 9.98. The van der Waals surface area contributed by atoms with Crippen LogP contribution >= 0.6 is 11.6 Å². The third-order valence-corrected chi connectivity index (χ3v) is 7.60. The Morgan fingerprint density at radius 1 is 1.10 bits per heavy atom. The summed E-state index contributed by atoms with van der Waals surface area (Å²) >= 11 is 6.31. The summed E-state index contributed by atoms with van der Waals surface area (Å²) in [6.45, 7) is 7.00. The van der Waals surface area contributed by atoms with Crippen LogP contribution in [0.4, 0.5) is 0 Å². The predicted molar refractivity (Wildman–Crippen MR) is 92.7 cm³/mol. The van der Waals surface area contributed by atoms with Gasteiger partial charge >= 0.3 is 0 Å². The molecule has 4 heteroatoms. The van der Waals surface area contributed by atoms with Crippen LogP contribution in [-0.4, -0.2) is 20.5 Å². The lowest BCUT2D eigenvalue weighted by Crippen LogP contribution is -2.55. The van der Waals surface area contributed by atoms with E-state index in [2.05, 4.69) is 30.5 Å². The maximum atomic E-state index is 12.4. The Bertz CT molecular complexity index is 640. The lowest BCUT2D eigenvalue weighted by molar-refractivity contribution is 0.0957. The van der Waals surface area contributed by atoms with E-state index in [-0.39, 0.29) is 5.91 Å². The van der Waals surface area contributed by atoms with Crippen LogP contribution in [0.3, 0.4) is 0 Å². The van der Waals surface area contributed by atoms with Crippen molar-refractivity contribution in [2.75, 3.05) is 6.54 Å². The Morgan fingerprint density at radius 2 is 1.76 bits per heavy atom. The van der Waals surface area contributed by atoms with Gasteiger partial charge in [0.05, 0.1) is 10.6 Å². The molecule has 0 aliphatic carbocycles. The fourth-order valence-electron chi connectivity index (χ4n) is 2.54. The molecule has 0 fully saturated rings. The van der Waals surface area contributed by atoms with Crippen molar-refractivity contribution >= 4 is 36.0 Å². The molecule has 2 aromatic carbocycles. The summed E-state index contributed by atoms with van der Waals surface area (Å²) in [5.41, 5.74) is 0.626. The molecule has 0 heterocycles. The van der Waals surface area contributed by atoms with Crippen molar-refractivity contribution < 1.29 is 4.79 Å². The van der Waals surface area contributed by atoms with Crippen LogP contribution in [0.1, 0.15) is 17.3 Å². The van der Waals surface area contributed by atoms with E-state index in [9.17, 15) is 4.79 Å². The summed E-state index contributed by atoms with van der Waals surface area (Å²) in [7, 11) is -1.97. The zero-order valence-corrected chi connectivity index (χ0v) is 14.4. The van der Waals surface area contributed by atoms with E-state index in [0.717, 1.165) is 5.19 Å². The molecule has 2 nitrogen and oxygen atoms in total. The average Bonchev–Trinajstić information content (AvgIpc) is 2.48. The van der Waals surface area contributed by atoms with Crippen LogP contribution in [0.2, 0.25) is 18.1 Å². The van der Waals surface area contributed by atoms with E-state index >= 15 is 0 Å².